The standard InChI is InChI=1S/C6H6ClNOS.C5H9NO/c1-2-4(9)6-8-5(7)3-10-6;1-4-2-3-6-5(4)7/h3H,2H2,1H3;4H,2-3H2,1H3,(H,6,7). The summed E-state index contributed by atoms with van der Waals surface area (Å²) >= 11 is 6.80. The Morgan fingerprint density at radius 3 is 2.71 bits per heavy atom. The highest BCUT2D eigenvalue weighted by Crippen LogP contribution is 2.15. The minimum absolute atomic E-state index is 0.0527. The smallest absolute Gasteiger partial charge is 0.222 e. The molecule has 1 fully saturated rings. The number of halogens is 1. The number of thiazole rings is 1. The molecule has 0 bridgehead atoms. The van der Waals surface area contributed by atoms with Gasteiger partial charge in [0.2, 0.25) is 5.91 Å². The first kappa shape index (κ1) is 14.1. The topological polar surface area (TPSA) is 59.1 Å². The first-order chi connectivity index (χ1) is 8.04. The van der Waals surface area contributed by atoms with Crippen LogP contribution in [0.3, 0.4) is 0 Å². The van der Waals surface area contributed by atoms with E-state index < -0.39 is 0 Å². The number of carbonyl (C=O) groups is 2. The summed E-state index contributed by atoms with van der Waals surface area (Å²) in [6.07, 6.45) is 1.50. The molecule has 2 rings (SSSR count). The van der Waals surface area contributed by atoms with Crippen molar-refractivity contribution in [2.24, 2.45) is 5.92 Å². The summed E-state index contributed by atoms with van der Waals surface area (Å²) in [6.45, 7) is 4.62. The van der Waals surface area contributed by atoms with E-state index in [1.165, 1.54) is 11.3 Å². The molecule has 0 aromatic carbocycles. The highest BCUT2D eigenvalue weighted by molar-refractivity contribution is 7.12. The largest absolute Gasteiger partial charge is 0.356 e. The Hall–Kier alpha value is -0.940. The van der Waals surface area contributed by atoms with Crippen molar-refractivity contribution in [3.63, 3.8) is 0 Å². The van der Waals surface area contributed by atoms with Gasteiger partial charge in [-0.15, -0.1) is 11.3 Å². The maximum atomic E-state index is 10.9. The van der Waals surface area contributed by atoms with E-state index in [0.29, 0.717) is 16.6 Å². The second-order valence-electron chi connectivity index (χ2n) is 3.73. The highest BCUT2D eigenvalue weighted by Gasteiger charge is 2.17. The number of aromatic nitrogens is 1. The molecule has 1 N–H and O–H groups in total. The summed E-state index contributed by atoms with van der Waals surface area (Å²) in [4.78, 5) is 25.2. The van der Waals surface area contributed by atoms with Gasteiger partial charge in [0.25, 0.3) is 0 Å². The van der Waals surface area contributed by atoms with E-state index in [1.54, 1.807) is 12.3 Å². The molecule has 1 saturated heterocycles. The second kappa shape index (κ2) is 6.71. The van der Waals surface area contributed by atoms with Crippen molar-refractivity contribution in [2.75, 3.05) is 6.54 Å². The molecule has 1 aliphatic rings. The number of nitrogens with zero attached hydrogens (tertiary/aromatic N) is 1. The number of rotatable bonds is 2. The molecule has 2 heterocycles. The average Bonchev–Trinajstić information content (AvgIpc) is 2.89. The monoisotopic (exact) mass is 274 g/mol. The van der Waals surface area contributed by atoms with Crippen LogP contribution in [0.1, 0.15) is 36.5 Å². The fourth-order valence-corrected chi connectivity index (χ4v) is 2.21. The minimum Gasteiger partial charge on any atom is -0.356 e. The van der Waals surface area contributed by atoms with Gasteiger partial charge in [-0.25, -0.2) is 4.98 Å². The van der Waals surface area contributed by atoms with E-state index in [4.69, 9.17) is 11.6 Å². The van der Waals surface area contributed by atoms with E-state index in [2.05, 4.69) is 10.3 Å². The summed E-state index contributed by atoms with van der Waals surface area (Å²) in [6, 6.07) is 0. The Bertz CT molecular complexity index is 406. The summed E-state index contributed by atoms with van der Waals surface area (Å²) in [7, 11) is 0. The number of nitrogens with one attached hydrogen (secondary N) is 1. The normalized spacial score (nSPS) is 18.3. The van der Waals surface area contributed by atoms with Crippen molar-refractivity contribution in [1.29, 1.82) is 0 Å². The van der Waals surface area contributed by atoms with Gasteiger partial charge in [0.05, 0.1) is 0 Å². The molecule has 1 atom stereocenters. The Morgan fingerprint density at radius 2 is 2.41 bits per heavy atom. The molecule has 94 valence electrons. The van der Waals surface area contributed by atoms with Gasteiger partial charge >= 0.3 is 0 Å². The van der Waals surface area contributed by atoms with Crippen LogP contribution in [0.4, 0.5) is 0 Å². The molecular formula is C11H15ClN2O2S. The lowest BCUT2D eigenvalue weighted by molar-refractivity contribution is -0.121. The zero-order chi connectivity index (χ0) is 12.8. The van der Waals surface area contributed by atoms with Crippen molar-refractivity contribution in [1.82, 2.24) is 10.3 Å². The van der Waals surface area contributed by atoms with Gasteiger partial charge in [0.1, 0.15) is 5.15 Å². The summed E-state index contributed by atoms with van der Waals surface area (Å²) < 4.78 is 0. The molecule has 0 spiro atoms. The van der Waals surface area contributed by atoms with E-state index in [0.717, 1.165) is 13.0 Å². The van der Waals surface area contributed by atoms with Crippen LogP contribution in [0.25, 0.3) is 0 Å². The van der Waals surface area contributed by atoms with Gasteiger partial charge in [-0.2, -0.15) is 0 Å². The molecular weight excluding hydrogens is 260 g/mol. The Morgan fingerprint density at radius 1 is 1.71 bits per heavy atom. The quantitative estimate of drug-likeness (QED) is 0.843. The fourth-order valence-electron chi connectivity index (χ4n) is 1.25. The Kier molecular flexibility index (Phi) is 5.58. The van der Waals surface area contributed by atoms with Crippen LogP contribution in [0.5, 0.6) is 0 Å². The number of carbonyl (C=O) groups excluding carboxylic acids is 2. The molecule has 0 saturated carbocycles. The Labute approximate surface area is 109 Å². The van der Waals surface area contributed by atoms with Gasteiger partial charge < -0.3 is 5.32 Å². The van der Waals surface area contributed by atoms with Crippen LogP contribution >= 0.6 is 22.9 Å². The molecule has 0 aliphatic carbocycles. The third-order valence-electron chi connectivity index (χ3n) is 2.36. The van der Waals surface area contributed by atoms with Crippen LogP contribution in [0.15, 0.2) is 5.38 Å². The number of amides is 1. The number of ketones is 1. The minimum atomic E-state index is 0.0527. The molecule has 1 aromatic rings. The van der Waals surface area contributed by atoms with Crippen LogP contribution < -0.4 is 5.32 Å². The number of hydrogen-bond donors (Lipinski definition) is 1. The van der Waals surface area contributed by atoms with Crippen LogP contribution in [-0.2, 0) is 4.79 Å². The third-order valence-corrected chi connectivity index (χ3v) is 3.57. The molecule has 17 heavy (non-hydrogen) atoms. The maximum Gasteiger partial charge on any atom is 0.222 e. The summed E-state index contributed by atoms with van der Waals surface area (Å²) in [5.41, 5.74) is 0. The summed E-state index contributed by atoms with van der Waals surface area (Å²) in [5.74, 6) is 0.525. The molecule has 1 unspecified atom stereocenters. The third kappa shape index (κ3) is 4.44. The van der Waals surface area contributed by atoms with Crippen LogP contribution in [-0.4, -0.2) is 23.2 Å². The van der Waals surface area contributed by atoms with Gasteiger partial charge in [-0.05, 0) is 6.42 Å². The average molecular weight is 275 g/mol. The zero-order valence-electron chi connectivity index (χ0n) is 9.83. The summed E-state index contributed by atoms with van der Waals surface area (Å²) in [5, 5.41) is 5.30. The van der Waals surface area contributed by atoms with E-state index in [1.807, 2.05) is 6.92 Å². The van der Waals surface area contributed by atoms with E-state index in [-0.39, 0.29) is 17.6 Å². The van der Waals surface area contributed by atoms with Crippen molar-refractivity contribution >= 4 is 34.6 Å². The zero-order valence-corrected chi connectivity index (χ0v) is 11.4. The fraction of sp³-hybridized carbons (Fsp3) is 0.545. The SMILES string of the molecule is CC1CCNC1=O.CCC(=O)c1nc(Cl)cs1. The first-order valence-corrected chi connectivity index (χ1v) is 6.72. The molecule has 0 radical (unpaired) electrons. The lowest BCUT2D eigenvalue weighted by atomic mass is 10.1. The first-order valence-electron chi connectivity index (χ1n) is 5.46. The highest BCUT2D eigenvalue weighted by atomic mass is 35.5. The molecule has 4 nitrogen and oxygen atoms in total. The van der Waals surface area contributed by atoms with Crippen LogP contribution in [0, 0.1) is 5.92 Å². The molecule has 1 aliphatic heterocycles. The van der Waals surface area contributed by atoms with Gasteiger partial charge in [0.15, 0.2) is 10.8 Å². The van der Waals surface area contributed by atoms with Gasteiger partial charge in [-0.3, -0.25) is 9.59 Å². The maximum absolute atomic E-state index is 10.9. The Balaban J connectivity index is 0.000000181. The number of Topliss-reactive ketones (excluding diaryl/α,β-unsaturated/α-hetero) is 1. The van der Waals surface area contributed by atoms with Crippen molar-refractivity contribution in [3.05, 3.63) is 15.5 Å². The molecule has 1 aromatic heterocycles. The van der Waals surface area contributed by atoms with Gasteiger partial charge in [-0.1, -0.05) is 25.4 Å². The van der Waals surface area contributed by atoms with Crippen molar-refractivity contribution in [3.8, 4) is 0 Å². The van der Waals surface area contributed by atoms with E-state index >= 15 is 0 Å². The predicted octanol–water partition coefficient (Wildman–Crippen LogP) is 2.53. The molecule has 1 amide bonds. The lowest BCUT2D eigenvalue weighted by Crippen LogP contribution is -2.16. The van der Waals surface area contributed by atoms with Crippen molar-refractivity contribution < 1.29 is 9.59 Å². The lowest BCUT2D eigenvalue weighted by Gasteiger charge is -1.90. The van der Waals surface area contributed by atoms with E-state index in [9.17, 15) is 9.59 Å². The molecule has 6 heteroatoms. The van der Waals surface area contributed by atoms with Crippen molar-refractivity contribution in [2.45, 2.75) is 26.7 Å². The second-order valence-corrected chi connectivity index (χ2v) is 4.98. The van der Waals surface area contributed by atoms with Gasteiger partial charge in [0, 0.05) is 24.3 Å². The van der Waals surface area contributed by atoms with Crippen LogP contribution in [0.2, 0.25) is 5.15 Å². The predicted molar refractivity (Wildman–Crippen MR) is 68.5 cm³/mol. The number of hydrogen-bond acceptors (Lipinski definition) is 4.